The SMILES string of the molecule is Cc1ncc(F)c(NC2CC3CCC(=O)N3C(C)(C)C2)n1. The van der Waals surface area contributed by atoms with Gasteiger partial charge in [-0.05, 0) is 40.0 Å². The average Bonchev–Trinajstić information content (AvgIpc) is 2.75. The third-order valence-electron chi connectivity index (χ3n) is 4.49. The minimum atomic E-state index is -0.427. The highest BCUT2D eigenvalue weighted by Gasteiger charge is 2.46. The molecule has 5 nitrogen and oxygen atoms in total. The van der Waals surface area contributed by atoms with E-state index in [9.17, 15) is 9.18 Å². The van der Waals surface area contributed by atoms with E-state index in [-0.39, 0.29) is 29.3 Å². The van der Waals surface area contributed by atoms with E-state index in [1.807, 2.05) is 4.90 Å². The first kappa shape index (κ1) is 14.2. The zero-order valence-corrected chi connectivity index (χ0v) is 12.7. The molecule has 2 atom stereocenters. The van der Waals surface area contributed by atoms with Crippen molar-refractivity contribution in [2.75, 3.05) is 5.32 Å². The number of halogens is 1. The number of nitrogens with zero attached hydrogens (tertiary/aromatic N) is 3. The van der Waals surface area contributed by atoms with Crippen molar-refractivity contribution < 1.29 is 9.18 Å². The van der Waals surface area contributed by atoms with Crippen LogP contribution in [0.3, 0.4) is 0 Å². The van der Waals surface area contributed by atoms with Crippen LogP contribution in [0.15, 0.2) is 6.20 Å². The molecule has 0 spiro atoms. The summed E-state index contributed by atoms with van der Waals surface area (Å²) in [5.74, 6) is 0.628. The van der Waals surface area contributed by atoms with E-state index in [0.717, 1.165) is 19.3 Å². The molecule has 2 aliphatic heterocycles. The van der Waals surface area contributed by atoms with Crippen LogP contribution >= 0.6 is 0 Å². The molecule has 1 N–H and O–H groups in total. The van der Waals surface area contributed by atoms with E-state index >= 15 is 0 Å². The summed E-state index contributed by atoms with van der Waals surface area (Å²) in [7, 11) is 0. The van der Waals surface area contributed by atoms with Crippen molar-refractivity contribution in [2.24, 2.45) is 0 Å². The lowest BCUT2D eigenvalue weighted by Crippen LogP contribution is -2.57. The van der Waals surface area contributed by atoms with Gasteiger partial charge in [-0.25, -0.2) is 14.4 Å². The van der Waals surface area contributed by atoms with Gasteiger partial charge in [-0.15, -0.1) is 0 Å². The summed E-state index contributed by atoms with van der Waals surface area (Å²) in [5.41, 5.74) is -0.202. The fourth-order valence-corrected chi connectivity index (χ4v) is 3.77. The second kappa shape index (κ2) is 4.93. The van der Waals surface area contributed by atoms with Crippen molar-refractivity contribution in [1.82, 2.24) is 14.9 Å². The van der Waals surface area contributed by atoms with Gasteiger partial charge in [0, 0.05) is 24.0 Å². The smallest absolute Gasteiger partial charge is 0.223 e. The molecule has 1 aromatic heterocycles. The number of piperidine rings is 1. The molecule has 1 amide bonds. The predicted molar refractivity (Wildman–Crippen MR) is 77.3 cm³/mol. The Bertz CT molecular complexity index is 575. The van der Waals surface area contributed by atoms with Crippen LogP contribution in [0.2, 0.25) is 0 Å². The molecule has 1 aromatic rings. The number of carbonyl (C=O) groups excluding carboxylic acids is 1. The van der Waals surface area contributed by atoms with Gasteiger partial charge in [0.05, 0.1) is 6.20 Å². The number of fused-ring (bicyclic) bond motifs is 1. The zero-order chi connectivity index (χ0) is 15.2. The van der Waals surface area contributed by atoms with Gasteiger partial charge in [0.2, 0.25) is 5.91 Å². The van der Waals surface area contributed by atoms with Crippen molar-refractivity contribution >= 4 is 11.7 Å². The standard InChI is InChI=1S/C15H21FN4O/c1-9-17-8-12(16)14(18-9)19-10-6-11-4-5-13(21)20(11)15(2,3)7-10/h8,10-11H,4-7H2,1-3H3,(H,17,18,19). The molecule has 0 bridgehead atoms. The van der Waals surface area contributed by atoms with E-state index in [0.29, 0.717) is 12.2 Å². The van der Waals surface area contributed by atoms with Gasteiger partial charge in [0.15, 0.2) is 11.6 Å². The van der Waals surface area contributed by atoms with Gasteiger partial charge in [0.25, 0.3) is 0 Å². The predicted octanol–water partition coefficient (Wildman–Crippen LogP) is 2.27. The van der Waals surface area contributed by atoms with E-state index < -0.39 is 5.82 Å². The van der Waals surface area contributed by atoms with Crippen LogP contribution in [0.5, 0.6) is 0 Å². The summed E-state index contributed by atoms with van der Waals surface area (Å²) in [6.07, 6.45) is 4.35. The lowest BCUT2D eigenvalue weighted by atomic mass is 9.84. The van der Waals surface area contributed by atoms with Crippen LogP contribution in [0, 0.1) is 12.7 Å². The van der Waals surface area contributed by atoms with Crippen LogP contribution in [-0.4, -0.2) is 38.4 Å². The van der Waals surface area contributed by atoms with Crippen LogP contribution in [-0.2, 0) is 4.79 Å². The summed E-state index contributed by atoms with van der Waals surface area (Å²) in [5, 5.41) is 3.21. The van der Waals surface area contributed by atoms with Crippen molar-refractivity contribution in [2.45, 2.75) is 64.1 Å². The molecule has 0 aliphatic carbocycles. The number of rotatable bonds is 2. The highest BCUT2D eigenvalue weighted by Crippen LogP contribution is 2.39. The van der Waals surface area contributed by atoms with Crippen molar-refractivity contribution in [3.8, 4) is 0 Å². The highest BCUT2D eigenvalue weighted by molar-refractivity contribution is 5.79. The summed E-state index contributed by atoms with van der Waals surface area (Å²) in [4.78, 5) is 22.0. The van der Waals surface area contributed by atoms with Crippen LogP contribution in [0.1, 0.15) is 45.4 Å². The maximum Gasteiger partial charge on any atom is 0.223 e. The molecular formula is C15H21FN4O. The molecule has 3 rings (SSSR count). The van der Waals surface area contributed by atoms with E-state index in [1.165, 1.54) is 6.20 Å². The summed E-state index contributed by atoms with van der Waals surface area (Å²) in [6, 6.07) is 0.376. The van der Waals surface area contributed by atoms with Crippen molar-refractivity contribution in [1.29, 1.82) is 0 Å². The number of amides is 1. The van der Waals surface area contributed by atoms with Crippen LogP contribution in [0.25, 0.3) is 0 Å². The summed E-state index contributed by atoms with van der Waals surface area (Å²) >= 11 is 0. The fraction of sp³-hybridized carbons (Fsp3) is 0.667. The molecule has 0 aromatic carbocycles. The normalized spacial score (nSPS) is 27.6. The lowest BCUT2D eigenvalue weighted by Gasteiger charge is -2.47. The molecule has 2 fully saturated rings. The van der Waals surface area contributed by atoms with Gasteiger partial charge in [-0.3, -0.25) is 4.79 Å². The molecule has 21 heavy (non-hydrogen) atoms. The quantitative estimate of drug-likeness (QED) is 0.908. The summed E-state index contributed by atoms with van der Waals surface area (Å²) < 4.78 is 13.8. The van der Waals surface area contributed by atoms with Crippen LogP contribution < -0.4 is 5.32 Å². The monoisotopic (exact) mass is 292 g/mol. The third kappa shape index (κ3) is 2.59. The fourth-order valence-electron chi connectivity index (χ4n) is 3.77. The van der Waals surface area contributed by atoms with E-state index in [1.54, 1.807) is 6.92 Å². The van der Waals surface area contributed by atoms with Gasteiger partial charge in [-0.2, -0.15) is 0 Å². The maximum atomic E-state index is 13.8. The Balaban J connectivity index is 1.79. The second-order valence-electron chi connectivity index (χ2n) is 6.66. The Labute approximate surface area is 124 Å². The first-order valence-electron chi connectivity index (χ1n) is 7.44. The Morgan fingerprint density at radius 1 is 1.48 bits per heavy atom. The Morgan fingerprint density at radius 3 is 3.00 bits per heavy atom. The topological polar surface area (TPSA) is 58.1 Å². The van der Waals surface area contributed by atoms with E-state index in [4.69, 9.17) is 0 Å². The summed E-state index contributed by atoms with van der Waals surface area (Å²) in [6.45, 7) is 5.91. The van der Waals surface area contributed by atoms with Gasteiger partial charge in [-0.1, -0.05) is 0 Å². The molecule has 3 heterocycles. The zero-order valence-electron chi connectivity index (χ0n) is 12.7. The van der Waals surface area contributed by atoms with Gasteiger partial charge >= 0.3 is 0 Å². The molecular weight excluding hydrogens is 271 g/mol. The number of hydrogen-bond donors (Lipinski definition) is 1. The first-order chi connectivity index (χ1) is 9.87. The first-order valence-corrected chi connectivity index (χ1v) is 7.44. The van der Waals surface area contributed by atoms with Gasteiger partial charge < -0.3 is 10.2 Å². The minimum absolute atomic E-state index is 0.121. The largest absolute Gasteiger partial charge is 0.365 e. The second-order valence-corrected chi connectivity index (χ2v) is 6.66. The van der Waals surface area contributed by atoms with Gasteiger partial charge in [0.1, 0.15) is 5.82 Å². The van der Waals surface area contributed by atoms with E-state index in [2.05, 4.69) is 29.1 Å². The number of carbonyl (C=O) groups is 1. The number of aryl methyl sites for hydroxylation is 1. The third-order valence-corrected chi connectivity index (χ3v) is 4.49. The maximum absolute atomic E-state index is 13.8. The Morgan fingerprint density at radius 2 is 2.24 bits per heavy atom. The minimum Gasteiger partial charge on any atom is -0.365 e. The molecule has 2 unspecified atom stereocenters. The number of hydrogen-bond acceptors (Lipinski definition) is 4. The lowest BCUT2D eigenvalue weighted by molar-refractivity contribution is -0.136. The number of aromatic nitrogens is 2. The average molecular weight is 292 g/mol. The van der Waals surface area contributed by atoms with Crippen molar-refractivity contribution in [3.05, 3.63) is 17.8 Å². The number of anilines is 1. The Kier molecular flexibility index (Phi) is 3.34. The van der Waals surface area contributed by atoms with Crippen LogP contribution in [0.4, 0.5) is 10.2 Å². The Hall–Kier alpha value is -1.72. The van der Waals surface area contributed by atoms with Crippen molar-refractivity contribution in [3.63, 3.8) is 0 Å². The number of nitrogens with one attached hydrogen (secondary N) is 1. The molecule has 0 saturated carbocycles. The molecule has 6 heteroatoms. The molecule has 2 aliphatic rings. The highest BCUT2D eigenvalue weighted by atomic mass is 19.1. The molecule has 114 valence electrons. The molecule has 2 saturated heterocycles. The molecule has 0 radical (unpaired) electrons.